The van der Waals surface area contributed by atoms with Crippen molar-refractivity contribution in [3.8, 4) is 0 Å². The van der Waals surface area contributed by atoms with E-state index < -0.39 is 87.7 Å². The Morgan fingerprint density at radius 1 is 1.08 bits per heavy atom. The van der Waals surface area contributed by atoms with Gasteiger partial charge in [0.15, 0.2) is 5.60 Å². The zero-order valence-electron chi connectivity index (χ0n) is 22.7. The fourth-order valence-corrected chi connectivity index (χ4v) is 7.95. The molecule has 2 bridgehead atoms. The van der Waals surface area contributed by atoms with Crippen molar-refractivity contribution in [1.29, 1.82) is 0 Å². The van der Waals surface area contributed by atoms with Gasteiger partial charge in [0.1, 0.15) is 17.8 Å². The molecule has 4 aliphatic rings. The molecule has 3 saturated carbocycles. The summed E-state index contributed by atoms with van der Waals surface area (Å²) in [5, 5.41) is 35.2. The van der Waals surface area contributed by atoms with Crippen LogP contribution in [0.2, 0.25) is 0 Å². The molecular formula is C29H36O10. The van der Waals surface area contributed by atoms with E-state index in [2.05, 4.69) is 0 Å². The van der Waals surface area contributed by atoms with Crippen molar-refractivity contribution in [2.45, 2.75) is 83.1 Å². The lowest BCUT2D eigenvalue weighted by molar-refractivity contribution is -0.349. The number of benzene rings is 1. The van der Waals surface area contributed by atoms with Crippen LogP contribution in [0.4, 0.5) is 0 Å². The largest absolute Gasteiger partial charge is 0.455 e. The average Bonchev–Trinajstić information content (AvgIpc) is 2.87. The lowest BCUT2D eigenvalue weighted by Crippen LogP contribution is -2.82. The molecular weight excluding hydrogens is 508 g/mol. The molecule has 0 radical (unpaired) electrons. The standard InChI is InChI=1S/C29H36O10/c1-14-17(31)12-29(36)24(38-25(35)16-9-7-6-8-10-16)22-27(5,23(34)21(33)20(14)26(29,3)4)18(32)11-19-28(22,13-37-19)39-15(2)30/h6-10,14,17-20,22,24,31-32,36H,11-13H2,1-5H3/t14?,17?,18?,19?,20?,22?,24?,27-,28?,29?/m1/s1. The van der Waals surface area contributed by atoms with E-state index in [-0.39, 0.29) is 25.0 Å². The van der Waals surface area contributed by atoms with Crippen LogP contribution in [0.15, 0.2) is 30.3 Å². The molecule has 0 aromatic heterocycles. The van der Waals surface area contributed by atoms with Crippen LogP contribution in [0.25, 0.3) is 0 Å². The van der Waals surface area contributed by atoms with Gasteiger partial charge in [0.05, 0.1) is 35.7 Å². The highest BCUT2D eigenvalue weighted by atomic mass is 16.6. The number of hydrogen-bond donors (Lipinski definition) is 3. The molecule has 1 saturated heterocycles. The number of carbonyl (C=O) groups is 4. The highest BCUT2D eigenvalue weighted by molar-refractivity contribution is 6.40. The first-order chi connectivity index (χ1) is 18.1. The lowest BCUT2D eigenvalue weighted by Gasteiger charge is -2.67. The molecule has 212 valence electrons. The zero-order valence-corrected chi connectivity index (χ0v) is 22.7. The van der Waals surface area contributed by atoms with Crippen LogP contribution in [0.1, 0.15) is 57.8 Å². The summed E-state index contributed by atoms with van der Waals surface area (Å²) in [5.74, 6) is -6.47. The number of aliphatic hydroxyl groups excluding tert-OH is 2. The smallest absolute Gasteiger partial charge is 0.338 e. The molecule has 0 amide bonds. The Morgan fingerprint density at radius 3 is 2.28 bits per heavy atom. The third kappa shape index (κ3) is 3.61. The minimum atomic E-state index is -2.07. The number of carbonyl (C=O) groups excluding carboxylic acids is 4. The zero-order chi connectivity index (χ0) is 28.7. The number of aliphatic hydroxyl groups is 3. The summed E-state index contributed by atoms with van der Waals surface area (Å²) in [5.41, 5.74) is -6.75. The Bertz CT molecular complexity index is 1210. The summed E-state index contributed by atoms with van der Waals surface area (Å²) in [6.45, 7) is 7.28. The fraction of sp³-hybridized carbons (Fsp3) is 0.655. The number of hydrogen-bond acceptors (Lipinski definition) is 10. The van der Waals surface area contributed by atoms with Gasteiger partial charge in [0.25, 0.3) is 0 Å². The van der Waals surface area contributed by atoms with Gasteiger partial charge in [-0.3, -0.25) is 14.4 Å². The quantitative estimate of drug-likeness (QED) is 0.373. The van der Waals surface area contributed by atoms with E-state index in [0.717, 1.165) is 0 Å². The van der Waals surface area contributed by atoms with Crippen LogP contribution in [-0.4, -0.2) is 81.0 Å². The first-order valence-electron chi connectivity index (χ1n) is 13.4. The van der Waals surface area contributed by atoms with E-state index in [1.165, 1.54) is 26.0 Å². The van der Waals surface area contributed by atoms with Gasteiger partial charge in [-0.05, 0) is 25.0 Å². The van der Waals surface area contributed by atoms with Crippen LogP contribution in [0, 0.1) is 28.6 Å². The molecule has 10 heteroatoms. The molecule has 1 heterocycles. The Kier molecular flexibility index (Phi) is 6.38. The maximum atomic E-state index is 14.2. The highest BCUT2D eigenvalue weighted by Crippen LogP contribution is 2.64. The van der Waals surface area contributed by atoms with Crippen LogP contribution in [0.5, 0.6) is 0 Å². The predicted octanol–water partition coefficient (Wildman–Crippen LogP) is 1.23. The maximum absolute atomic E-state index is 14.2. The lowest BCUT2D eigenvalue weighted by atomic mass is 9.42. The summed E-state index contributed by atoms with van der Waals surface area (Å²) >= 11 is 0. The summed E-state index contributed by atoms with van der Waals surface area (Å²) < 4.78 is 17.7. The summed E-state index contributed by atoms with van der Waals surface area (Å²) in [6, 6.07) is 8.06. The van der Waals surface area contributed by atoms with Crippen molar-refractivity contribution in [2.75, 3.05) is 6.61 Å². The van der Waals surface area contributed by atoms with Crippen molar-refractivity contribution < 1.29 is 48.7 Å². The number of ether oxygens (including phenoxy) is 3. The molecule has 1 aliphatic heterocycles. The maximum Gasteiger partial charge on any atom is 0.338 e. The SMILES string of the molecule is CC(=O)OC12COC1CC(O)[C@@]1(C)C(=O)C(=O)C3C(C)C(O)CC(O)(C(OC(=O)c4ccccc4)C21)C3(C)C. The number of ketones is 2. The van der Waals surface area contributed by atoms with E-state index in [4.69, 9.17) is 14.2 Å². The number of esters is 2. The molecule has 9 unspecified atom stereocenters. The Balaban J connectivity index is 1.80. The molecule has 3 aliphatic carbocycles. The molecule has 4 fully saturated rings. The van der Waals surface area contributed by atoms with Crippen LogP contribution in [0.3, 0.4) is 0 Å². The van der Waals surface area contributed by atoms with Crippen molar-refractivity contribution in [1.82, 2.24) is 0 Å². The van der Waals surface area contributed by atoms with Crippen molar-refractivity contribution in [3.63, 3.8) is 0 Å². The van der Waals surface area contributed by atoms with E-state index in [9.17, 15) is 34.5 Å². The second-order valence-corrected chi connectivity index (χ2v) is 12.5. The summed E-state index contributed by atoms with van der Waals surface area (Å²) in [7, 11) is 0. The van der Waals surface area contributed by atoms with Crippen LogP contribution >= 0.6 is 0 Å². The number of fused-ring (bicyclic) bond motifs is 5. The molecule has 39 heavy (non-hydrogen) atoms. The molecule has 3 N–H and O–H groups in total. The van der Waals surface area contributed by atoms with Gasteiger partial charge in [-0.1, -0.05) is 39.0 Å². The topological polar surface area (TPSA) is 157 Å². The Morgan fingerprint density at radius 2 is 1.72 bits per heavy atom. The fourth-order valence-electron chi connectivity index (χ4n) is 7.95. The first-order valence-corrected chi connectivity index (χ1v) is 13.4. The molecule has 1 aromatic rings. The van der Waals surface area contributed by atoms with E-state index in [0.29, 0.717) is 0 Å². The second-order valence-electron chi connectivity index (χ2n) is 12.5. The molecule has 1 aromatic carbocycles. The predicted molar refractivity (Wildman–Crippen MR) is 134 cm³/mol. The monoisotopic (exact) mass is 544 g/mol. The highest BCUT2D eigenvalue weighted by Gasteiger charge is 2.78. The van der Waals surface area contributed by atoms with Gasteiger partial charge < -0.3 is 29.5 Å². The average molecular weight is 545 g/mol. The van der Waals surface area contributed by atoms with Gasteiger partial charge in [-0.2, -0.15) is 0 Å². The van der Waals surface area contributed by atoms with E-state index in [1.807, 2.05) is 0 Å². The van der Waals surface area contributed by atoms with Gasteiger partial charge in [-0.15, -0.1) is 0 Å². The summed E-state index contributed by atoms with van der Waals surface area (Å²) in [6.07, 6.45) is -5.48. The minimum Gasteiger partial charge on any atom is -0.455 e. The van der Waals surface area contributed by atoms with Crippen LogP contribution < -0.4 is 0 Å². The van der Waals surface area contributed by atoms with Crippen LogP contribution in [-0.2, 0) is 28.6 Å². The molecule has 10 atom stereocenters. The number of Topliss-reactive ketones (excluding diaryl/α,β-unsaturated/α-hetero) is 2. The van der Waals surface area contributed by atoms with Gasteiger partial charge >= 0.3 is 11.9 Å². The van der Waals surface area contributed by atoms with Gasteiger partial charge in [0.2, 0.25) is 11.6 Å². The Labute approximate surface area is 226 Å². The molecule has 10 nitrogen and oxygen atoms in total. The molecule has 5 rings (SSSR count). The first kappa shape index (κ1) is 27.9. The minimum absolute atomic E-state index is 0.108. The van der Waals surface area contributed by atoms with Crippen molar-refractivity contribution >= 4 is 23.5 Å². The van der Waals surface area contributed by atoms with Crippen molar-refractivity contribution in [2.24, 2.45) is 28.6 Å². The second kappa shape index (κ2) is 8.92. The molecule has 0 spiro atoms. The van der Waals surface area contributed by atoms with Crippen molar-refractivity contribution in [3.05, 3.63) is 35.9 Å². The van der Waals surface area contributed by atoms with E-state index >= 15 is 0 Å². The van der Waals surface area contributed by atoms with E-state index in [1.54, 1.807) is 39.0 Å². The third-order valence-corrected chi connectivity index (χ3v) is 10.2. The number of rotatable bonds is 3. The van der Waals surface area contributed by atoms with Gasteiger partial charge in [-0.25, -0.2) is 4.79 Å². The third-order valence-electron chi connectivity index (χ3n) is 10.2. The summed E-state index contributed by atoms with van der Waals surface area (Å²) in [4.78, 5) is 54.2. The Hall–Kier alpha value is -2.66. The van der Waals surface area contributed by atoms with Gasteiger partial charge in [0, 0.05) is 31.1 Å². The normalized spacial score (nSPS) is 44.6.